The number of aromatic nitrogens is 4. The number of nitrogens with one attached hydrogen (secondary N) is 1. The first-order valence-electron chi connectivity index (χ1n) is 9.17. The van der Waals surface area contributed by atoms with E-state index >= 15 is 0 Å². The molecule has 1 aliphatic heterocycles. The van der Waals surface area contributed by atoms with Crippen LogP contribution in [0.1, 0.15) is 5.69 Å². The van der Waals surface area contributed by atoms with Gasteiger partial charge in [0.15, 0.2) is 0 Å². The summed E-state index contributed by atoms with van der Waals surface area (Å²) in [5.74, 6) is 1.15. The van der Waals surface area contributed by atoms with E-state index in [9.17, 15) is 4.79 Å². The summed E-state index contributed by atoms with van der Waals surface area (Å²) in [6.07, 6.45) is 3.57. The van der Waals surface area contributed by atoms with E-state index in [0.717, 1.165) is 48.1 Å². The van der Waals surface area contributed by atoms with Crippen molar-refractivity contribution in [3.63, 3.8) is 0 Å². The number of pyridine rings is 1. The Balaban J connectivity index is 1.50. The van der Waals surface area contributed by atoms with Crippen molar-refractivity contribution in [2.45, 2.75) is 6.92 Å². The summed E-state index contributed by atoms with van der Waals surface area (Å²) in [5.41, 5.74) is 2.75. The Bertz CT molecular complexity index is 1020. The third-order valence-electron chi connectivity index (χ3n) is 5.04. The molecule has 0 radical (unpaired) electrons. The van der Waals surface area contributed by atoms with E-state index in [-0.39, 0.29) is 4.87 Å². The zero-order valence-electron chi connectivity index (χ0n) is 16.2. The maximum atomic E-state index is 11.9. The first-order valence-corrected chi connectivity index (χ1v) is 9.99. The number of piperazine rings is 1. The van der Waals surface area contributed by atoms with Crippen LogP contribution in [-0.2, 0) is 7.05 Å². The lowest BCUT2D eigenvalue weighted by molar-refractivity contribution is 0.313. The molecule has 0 atom stereocenters. The van der Waals surface area contributed by atoms with Crippen LogP contribution in [0.4, 0.5) is 17.5 Å². The van der Waals surface area contributed by atoms with Crippen LogP contribution in [-0.4, -0.2) is 57.6 Å². The standard InChI is InChI=1S/C19H23N7OS/c1-13-17(28-19(27)25(13)3)15-6-7-20-18(22-15)23-16-5-4-14(12-21-16)26-10-8-24(2)9-11-26/h4-7,12H,8-11H2,1-3H3,(H,20,21,22,23). The average Bonchev–Trinajstić information content (AvgIpc) is 2.97. The number of anilines is 3. The zero-order chi connectivity index (χ0) is 19.7. The molecule has 28 heavy (non-hydrogen) atoms. The highest BCUT2D eigenvalue weighted by molar-refractivity contribution is 7.13. The van der Waals surface area contributed by atoms with E-state index < -0.39 is 0 Å². The van der Waals surface area contributed by atoms with Gasteiger partial charge in [-0.3, -0.25) is 4.79 Å². The summed E-state index contributed by atoms with van der Waals surface area (Å²) in [7, 11) is 3.91. The van der Waals surface area contributed by atoms with Crippen LogP contribution in [0, 0.1) is 6.92 Å². The molecule has 8 nitrogen and oxygen atoms in total. The van der Waals surface area contributed by atoms with E-state index in [4.69, 9.17) is 0 Å². The minimum atomic E-state index is 0.00165. The molecule has 0 bridgehead atoms. The molecule has 0 unspecified atom stereocenters. The van der Waals surface area contributed by atoms with Crippen molar-refractivity contribution in [3.8, 4) is 10.6 Å². The van der Waals surface area contributed by atoms with E-state index in [2.05, 4.69) is 43.2 Å². The quantitative estimate of drug-likeness (QED) is 0.722. The van der Waals surface area contributed by atoms with Gasteiger partial charge in [0, 0.05) is 45.1 Å². The van der Waals surface area contributed by atoms with Crippen molar-refractivity contribution in [2.75, 3.05) is 43.4 Å². The van der Waals surface area contributed by atoms with Crippen molar-refractivity contribution < 1.29 is 0 Å². The Morgan fingerprint density at radius 3 is 2.50 bits per heavy atom. The molecule has 0 saturated carbocycles. The molecule has 3 aromatic heterocycles. The lowest BCUT2D eigenvalue weighted by atomic mass is 10.3. The smallest absolute Gasteiger partial charge is 0.307 e. The maximum absolute atomic E-state index is 11.9. The van der Waals surface area contributed by atoms with Crippen LogP contribution < -0.4 is 15.1 Å². The summed E-state index contributed by atoms with van der Waals surface area (Å²) in [6.45, 7) is 6.06. The molecule has 0 aromatic carbocycles. The topological polar surface area (TPSA) is 79.2 Å². The van der Waals surface area contributed by atoms with Crippen LogP contribution >= 0.6 is 11.3 Å². The molecule has 1 saturated heterocycles. The molecule has 0 aliphatic carbocycles. The molecule has 0 amide bonds. The van der Waals surface area contributed by atoms with Crippen molar-refractivity contribution in [1.29, 1.82) is 0 Å². The first kappa shape index (κ1) is 18.6. The van der Waals surface area contributed by atoms with Gasteiger partial charge in [-0.05, 0) is 32.2 Å². The van der Waals surface area contributed by atoms with E-state index in [1.807, 2.05) is 25.3 Å². The van der Waals surface area contributed by atoms with Crippen LogP contribution in [0.5, 0.6) is 0 Å². The fourth-order valence-corrected chi connectivity index (χ4v) is 4.08. The second-order valence-corrected chi connectivity index (χ2v) is 7.89. The number of rotatable bonds is 4. The molecule has 4 rings (SSSR count). The predicted octanol–water partition coefficient (Wildman–Crippen LogP) is 2.10. The summed E-state index contributed by atoms with van der Waals surface area (Å²) in [5, 5.41) is 3.15. The SMILES string of the molecule is Cc1c(-c2ccnc(Nc3ccc(N4CCN(C)CC4)cn3)n2)sc(=O)n1C. The fourth-order valence-electron chi connectivity index (χ4n) is 3.13. The summed E-state index contributed by atoms with van der Waals surface area (Å²) >= 11 is 1.19. The Morgan fingerprint density at radius 2 is 1.86 bits per heavy atom. The molecule has 1 aliphatic rings. The lowest BCUT2D eigenvalue weighted by Gasteiger charge is -2.33. The third kappa shape index (κ3) is 3.76. The van der Waals surface area contributed by atoms with E-state index in [1.54, 1.807) is 17.8 Å². The Hall–Kier alpha value is -2.78. The van der Waals surface area contributed by atoms with Crippen molar-refractivity contribution >= 4 is 28.8 Å². The molecule has 0 spiro atoms. The molecule has 1 fully saturated rings. The minimum Gasteiger partial charge on any atom is -0.368 e. The van der Waals surface area contributed by atoms with Gasteiger partial charge in [-0.1, -0.05) is 11.3 Å². The van der Waals surface area contributed by atoms with Crippen LogP contribution in [0.25, 0.3) is 10.6 Å². The molecule has 146 valence electrons. The van der Waals surface area contributed by atoms with Crippen molar-refractivity contribution in [3.05, 3.63) is 46.0 Å². The maximum Gasteiger partial charge on any atom is 0.307 e. The molecule has 4 heterocycles. The highest BCUT2D eigenvalue weighted by Gasteiger charge is 2.15. The number of nitrogens with zero attached hydrogens (tertiary/aromatic N) is 6. The number of likely N-dealkylation sites (N-methyl/N-ethyl adjacent to an activating group) is 1. The first-order chi connectivity index (χ1) is 13.5. The Morgan fingerprint density at radius 1 is 1.07 bits per heavy atom. The largest absolute Gasteiger partial charge is 0.368 e. The van der Waals surface area contributed by atoms with E-state index in [0.29, 0.717) is 11.8 Å². The monoisotopic (exact) mass is 397 g/mol. The highest BCUT2D eigenvalue weighted by atomic mass is 32.1. The number of hydrogen-bond donors (Lipinski definition) is 1. The third-order valence-corrected chi connectivity index (χ3v) is 6.20. The Labute approximate surface area is 167 Å². The second kappa shape index (κ2) is 7.69. The molecular weight excluding hydrogens is 374 g/mol. The van der Waals surface area contributed by atoms with Crippen LogP contribution in [0.15, 0.2) is 35.4 Å². The summed E-state index contributed by atoms with van der Waals surface area (Å²) < 4.78 is 1.63. The van der Waals surface area contributed by atoms with E-state index in [1.165, 1.54) is 11.3 Å². The summed E-state index contributed by atoms with van der Waals surface area (Å²) in [6, 6.07) is 5.82. The molecule has 9 heteroatoms. The predicted molar refractivity (Wildman–Crippen MR) is 113 cm³/mol. The summed E-state index contributed by atoms with van der Waals surface area (Å²) in [4.78, 5) is 30.8. The molecular formula is C19H23N7OS. The second-order valence-electron chi connectivity index (χ2n) is 6.92. The fraction of sp³-hybridized carbons (Fsp3) is 0.368. The zero-order valence-corrected chi connectivity index (χ0v) is 17.0. The van der Waals surface area contributed by atoms with Crippen LogP contribution in [0.2, 0.25) is 0 Å². The number of thiazole rings is 1. The van der Waals surface area contributed by atoms with Crippen molar-refractivity contribution in [1.82, 2.24) is 24.4 Å². The number of hydrogen-bond acceptors (Lipinski definition) is 8. The van der Waals surface area contributed by atoms with Gasteiger partial charge in [0.05, 0.1) is 22.5 Å². The van der Waals surface area contributed by atoms with Gasteiger partial charge in [0.2, 0.25) is 5.95 Å². The van der Waals surface area contributed by atoms with Crippen molar-refractivity contribution in [2.24, 2.45) is 7.05 Å². The van der Waals surface area contributed by atoms with Gasteiger partial charge in [-0.25, -0.2) is 15.0 Å². The van der Waals surface area contributed by atoms with Gasteiger partial charge in [-0.15, -0.1) is 0 Å². The van der Waals surface area contributed by atoms with Gasteiger partial charge >= 0.3 is 4.87 Å². The van der Waals surface area contributed by atoms with Gasteiger partial charge < -0.3 is 19.7 Å². The lowest BCUT2D eigenvalue weighted by Crippen LogP contribution is -2.44. The minimum absolute atomic E-state index is 0.00165. The Kier molecular flexibility index (Phi) is 5.10. The van der Waals surface area contributed by atoms with Gasteiger partial charge in [0.1, 0.15) is 5.82 Å². The van der Waals surface area contributed by atoms with Crippen LogP contribution in [0.3, 0.4) is 0 Å². The van der Waals surface area contributed by atoms with Gasteiger partial charge in [-0.2, -0.15) is 0 Å². The normalized spacial score (nSPS) is 15.0. The molecule has 1 N–H and O–H groups in total. The average molecular weight is 398 g/mol. The van der Waals surface area contributed by atoms with Gasteiger partial charge in [0.25, 0.3) is 0 Å². The highest BCUT2D eigenvalue weighted by Crippen LogP contribution is 2.25. The molecule has 3 aromatic rings.